The van der Waals surface area contributed by atoms with Crippen LogP contribution in [0.5, 0.6) is 11.6 Å². The van der Waals surface area contributed by atoms with Gasteiger partial charge in [-0.1, -0.05) is 12.1 Å². The van der Waals surface area contributed by atoms with Gasteiger partial charge in [0, 0.05) is 13.2 Å². The Morgan fingerprint density at radius 2 is 2.06 bits per heavy atom. The van der Waals surface area contributed by atoms with Crippen molar-refractivity contribution in [1.82, 2.24) is 9.97 Å². The summed E-state index contributed by atoms with van der Waals surface area (Å²) in [4.78, 5) is 8.15. The maximum atomic E-state index is 5.64. The molecule has 0 bridgehead atoms. The van der Waals surface area contributed by atoms with Gasteiger partial charge in [0.05, 0.1) is 6.61 Å². The zero-order chi connectivity index (χ0) is 13.0. The molecule has 0 aliphatic rings. The van der Waals surface area contributed by atoms with Crippen molar-refractivity contribution in [1.29, 1.82) is 0 Å². The molecule has 0 aliphatic heterocycles. The quantitative estimate of drug-likeness (QED) is 0.895. The average Bonchev–Trinajstić information content (AvgIpc) is 2.28. The molecule has 94 valence electrons. The third kappa shape index (κ3) is 3.18. The van der Waals surface area contributed by atoms with Crippen LogP contribution >= 0.6 is 0 Å². The van der Waals surface area contributed by atoms with E-state index in [-0.39, 0.29) is 0 Å². The zero-order valence-electron chi connectivity index (χ0n) is 10.4. The number of methoxy groups -OCH3 is 1. The highest BCUT2D eigenvalue weighted by atomic mass is 16.5. The van der Waals surface area contributed by atoms with Gasteiger partial charge in [-0.15, -0.1) is 0 Å². The van der Waals surface area contributed by atoms with E-state index in [0.717, 1.165) is 5.56 Å². The number of benzene rings is 1. The molecule has 2 N–H and O–H groups in total. The number of hydrogen-bond donors (Lipinski definition) is 1. The normalized spacial score (nSPS) is 10.3. The molecule has 0 spiro atoms. The van der Waals surface area contributed by atoms with E-state index in [4.69, 9.17) is 15.2 Å². The maximum Gasteiger partial charge on any atom is 0.224 e. The lowest BCUT2D eigenvalue weighted by atomic mass is 10.2. The van der Waals surface area contributed by atoms with Gasteiger partial charge in [0.25, 0.3) is 0 Å². The Morgan fingerprint density at radius 3 is 2.78 bits per heavy atom. The van der Waals surface area contributed by atoms with E-state index < -0.39 is 0 Å². The van der Waals surface area contributed by atoms with Crippen molar-refractivity contribution in [3.8, 4) is 11.6 Å². The fourth-order valence-corrected chi connectivity index (χ4v) is 1.60. The number of nitrogens with two attached hydrogens (primary N) is 1. The monoisotopic (exact) mass is 245 g/mol. The van der Waals surface area contributed by atoms with Gasteiger partial charge in [0.1, 0.15) is 17.4 Å². The Kier molecular flexibility index (Phi) is 3.74. The van der Waals surface area contributed by atoms with Crippen molar-refractivity contribution in [3.05, 3.63) is 41.7 Å². The van der Waals surface area contributed by atoms with Crippen LogP contribution in [-0.2, 0) is 11.3 Å². The predicted molar refractivity (Wildman–Crippen MR) is 68.4 cm³/mol. The van der Waals surface area contributed by atoms with Gasteiger partial charge in [-0.25, -0.2) is 4.98 Å². The largest absolute Gasteiger partial charge is 0.439 e. The van der Waals surface area contributed by atoms with Crippen LogP contribution < -0.4 is 10.5 Å². The first kappa shape index (κ1) is 12.3. The van der Waals surface area contributed by atoms with Crippen LogP contribution in [-0.4, -0.2) is 17.1 Å². The van der Waals surface area contributed by atoms with E-state index in [1.807, 2.05) is 24.3 Å². The van der Waals surface area contributed by atoms with Crippen molar-refractivity contribution in [2.24, 2.45) is 0 Å². The minimum atomic E-state index is 0.394. The number of hydrogen-bond acceptors (Lipinski definition) is 5. The van der Waals surface area contributed by atoms with E-state index in [1.54, 1.807) is 20.1 Å². The second kappa shape index (κ2) is 5.46. The standard InChI is InChI=1S/C13H15N3O2/c1-9-15-12(14)7-13(16-9)18-11-5-3-4-10(6-11)8-17-2/h3-7H,8H2,1-2H3,(H2,14,15,16). The number of aromatic nitrogens is 2. The van der Waals surface area contributed by atoms with Crippen LogP contribution in [0.2, 0.25) is 0 Å². The van der Waals surface area contributed by atoms with Gasteiger partial charge in [-0.2, -0.15) is 4.98 Å². The third-order valence-corrected chi connectivity index (χ3v) is 2.27. The summed E-state index contributed by atoms with van der Waals surface area (Å²) in [6, 6.07) is 9.22. The summed E-state index contributed by atoms with van der Waals surface area (Å²) in [6.07, 6.45) is 0. The van der Waals surface area contributed by atoms with Gasteiger partial charge in [-0.3, -0.25) is 0 Å². The molecule has 0 aliphatic carbocycles. The fourth-order valence-electron chi connectivity index (χ4n) is 1.60. The Bertz CT molecular complexity index is 523. The molecule has 5 heteroatoms. The molecule has 0 saturated carbocycles. The van der Waals surface area contributed by atoms with Gasteiger partial charge in [0.2, 0.25) is 5.88 Å². The molecule has 1 aromatic carbocycles. The van der Waals surface area contributed by atoms with E-state index in [0.29, 0.717) is 29.9 Å². The Labute approximate surface area is 106 Å². The van der Waals surface area contributed by atoms with Crippen LogP contribution in [0.1, 0.15) is 11.4 Å². The Balaban J connectivity index is 2.20. The van der Waals surface area contributed by atoms with E-state index in [9.17, 15) is 0 Å². The minimum Gasteiger partial charge on any atom is -0.439 e. The molecule has 2 rings (SSSR count). The molecule has 0 unspecified atom stereocenters. The van der Waals surface area contributed by atoms with Crippen LogP contribution in [0.3, 0.4) is 0 Å². The Hall–Kier alpha value is -2.14. The fraction of sp³-hybridized carbons (Fsp3) is 0.231. The van der Waals surface area contributed by atoms with E-state index in [2.05, 4.69) is 9.97 Å². The number of aryl methyl sites for hydroxylation is 1. The molecule has 18 heavy (non-hydrogen) atoms. The van der Waals surface area contributed by atoms with Crippen molar-refractivity contribution in [2.75, 3.05) is 12.8 Å². The maximum absolute atomic E-state index is 5.64. The van der Waals surface area contributed by atoms with Crippen molar-refractivity contribution >= 4 is 5.82 Å². The van der Waals surface area contributed by atoms with Crippen LogP contribution in [0.4, 0.5) is 5.82 Å². The first-order chi connectivity index (χ1) is 8.67. The molecule has 2 aromatic rings. The summed E-state index contributed by atoms with van der Waals surface area (Å²) in [6.45, 7) is 2.31. The second-order valence-corrected chi connectivity index (χ2v) is 3.86. The summed E-state index contributed by atoms with van der Waals surface area (Å²) in [5, 5.41) is 0. The number of rotatable bonds is 4. The smallest absolute Gasteiger partial charge is 0.224 e. The summed E-state index contributed by atoms with van der Waals surface area (Å²) in [5.74, 6) is 2.11. The number of nitrogens with zero attached hydrogens (tertiary/aromatic N) is 2. The SMILES string of the molecule is COCc1cccc(Oc2cc(N)nc(C)n2)c1. The van der Waals surface area contributed by atoms with Crippen LogP contribution in [0.15, 0.2) is 30.3 Å². The molecule has 1 aromatic heterocycles. The highest BCUT2D eigenvalue weighted by Gasteiger charge is 2.03. The minimum absolute atomic E-state index is 0.394. The zero-order valence-corrected chi connectivity index (χ0v) is 10.4. The molecule has 0 radical (unpaired) electrons. The van der Waals surface area contributed by atoms with E-state index in [1.165, 1.54) is 0 Å². The lowest BCUT2D eigenvalue weighted by Gasteiger charge is -2.07. The first-order valence-corrected chi connectivity index (χ1v) is 5.54. The molecular weight excluding hydrogens is 230 g/mol. The van der Waals surface area contributed by atoms with Crippen molar-refractivity contribution in [2.45, 2.75) is 13.5 Å². The topological polar surface area (TPSA) is 70.3 Å². The van der Waals surface area contributed by atoms with Gasteiger partial charge < -0.3 is 15.2 Å². The summed E-state index contributed by atoms with van der Waals surface area (Å²) in [7, 11) is 1.65. The van der Waals surface area contributed by atoms with Gasteiger partial charge in [-0.05, 0) is 24.6 Å². The lowest BCUT2D eigenvalue weighted by molar-refractivity contribution is 0.184. The summed E-state index contributed by atoms with van der Waals surface area (Å²) >= 11 is 0. The molecule has 5 nitrogen and oxygen atoms in total. The predicted octanol–water partition coefficient (Wildman–Crippen LogP) is 2.31. The molecule has 0 amide bonds. The second-order valence-electron chi connectivity index (χ2n) is 3.86. The summed E-state index contributed by atoms with van der Waals surface area (Å²) in [5.41, 5.74) is 6.68. The molecule has 0 saturated heterocycles. The number of ether oxygens (including phenoxy) is 2. The van der Waals surface area contributed by atoms with Crippen molar-refractivity contribution < 1.29 is 9.47 Å². The van der Waals surface area contributed by atoms with Crippen molar-refractivity contribution in [3.63, 3.8) is 0 Å². The summed E-state index contributed by atoms with van der Waals surface area (Å²) < 4.78 is 10.7. The number of anilines is 1. The molecular formula is C13H15N3O2. The molecule has 1 heterocycles. The van der Waals surface area contributed by atoms with Crippen LogP contribution in [0, 0.1) is 6.92 Å². The highest BCUT2D eigenvalue weighted by Crippen LogP contribution is 2.21. The third-order valence-electron chi connectivity index (χ3n) is 2.27. The first-order valence-electron chi connectivity index (χ1n) is 5.54. The number of nitrogen functional groups attached to an aromatic ring is 1. The highest BCUT2D eigenvalue weighted by molar-refractivity contribution is 5.36. The average molecular weight is 245 g/mol. The molecule has 0 fully saturated rings. The Morgan fingerprint density at radius 1 is 1.22 bits per heavy atom. The van der Waals surface area contributed by atoms with Gasteiger partial charge >= 0.3 is 0 Å². The van der Waals surface area contributed by atoms with E-state index >= 15 is 0 Å². The molecule has 0 atom stereocenters. The van der Waals surface area contributed by atoms with Gasteiger partial charge in [0.15, 0.2) is 0 Å². The van der Waals surface area contributed by atoms with Crippen LogP contribution in [0.25, 0.3) is 0 Å². The lowest BCUT2D eigenvalue weighted by Crippen LogP contribution is -1.98.